The SMILES string of the molecule is O=C(Nc1ccc(S(=O)(=O)Nc2nccs2)cc1)C1CCCN(S(=O)(=O)CCCc2ccccc2)C1. The number of anilines is 2. The van der Waals surface area contributed by atoms with Gasteiger partial charge in [-0.1, -0.05) is 30.3 Å². The van der Waals surface area contributed by atoms with Crippen molar-refractivity contribution in [3.8, 4) is 0 Å². The third kappa shape index (κ3) is 6.90. The highest BCUT2D eigenvalue weighted by molar-refractivity contribution is 7.93. The Balaban J connectivity index is 1.31. The molecule has 0 radical (unpaired) electrons. The lowest BCUT2D eigenvalue weighted by Crippen LogP contribution is -2.44. The number of amides is 1. The number of thiazole rings is 1. The minimum Gasteiger partial charge on any atom is -0.326 e. The third-order valence-corrected chi connectivity index (χ3v) is 10.0. The van der Waals surface area contributed by atoms with Gasteiger partial charge in [-0.2, -0.15) is 0 Å². The molecule has 1 atom stereocenters. The smallest absolute Gasteiger partial charge is 0.263 e. The lowest BCUT2D eigenvalue weighted by Gasteiger charge is -2.31. The summed E-state index contributed by atoms with van der Waals surface area (Å²) in [5, 5.41) is 4.72. The number of hydrogen-bond acceptors (Lipinski definition) is 7. The first-order valence-electron chi connectivity index (χ1n) is 11.6. The Hall–Kier alpha value is -2.80. The van der Waals surface area contributed by atoms with Crippen molar-refractivity contribution >= 4 is 48.1 Å². The van der Waals surface area contributed by atoms with E-state index >= 15 is 0 Å². The zero-order valence-corrected chi connectivity index (χ0v) is 22.0. The molecule has 1 aromatic heterocycles. The van der Waals surface area contributed by atoms with Gasteiger partial charge in [-0.05, 0) is 55.5 Å². The molecule has 1 saturated heterocycles. The van der Waals surface area contributed by atoms with Gasteiger partial charge in [0.15, 0.2) is 5.13 Å². The number of hydrogen-bond donors (Lipinski definition) is 2. The molecule has 0 aliphatic carbocycles. The standard InChI is InChI=1S/C24H28N4O5S3/c29-23(26-21-10-12-22(13-11-21)36(32,33)27-24-25-14-16-34-24)20-9-4-15-28(18-20)35(30,31)17-5-8-19-6-2-1-3-7-19/h1-3,6-7,10-14,16,20H,4-5,8-9,15,17-18H2,(H,25,27)(H,26,29). The number of carbonyl (C=O) groups is 1. The fraction of sp³-hybridized carbons (Fsp3) is 0.333. The lowest BCUT2D eigenvalue weighted by atomic mass is 9.99. The molecule has 1 amide bonds. The largest absolute Gasteiger partial charge is 0.326 e. The summed E-state index contributed by atoms with van der Waals surface area (Å²) >= 11 is 1.17. The van der Waals surface area contributed by atoms with E-state index in [4.69, 9.17) is 0 Å². The molecule has 36 heavy (non-hydrogen) atoms. The van der Waals surface area contributed by atoms with E-state index in [9.17, 15) is 21.6 Å². The summed E-state index contributed by atoms with van der Waals surface area (Å²) in [6.07, 6.45) is 3.90. The van der Waals surface area contributed by atoms with Crippen LogP contribution in [-0.4, -0.2) is 50.9 Å². The lowest BCUT2D eigenvalue weighted by molar-refractivity contribution is -0.120. The van der Waals surface area contributed by atoms with Gasteiger partial charge >= 0.3 is 0 Å². The summed E-state index contributed by atoms with van der Waals surface area (Å²) in [5.41, 5.74) is 1.54. The van der Waals surface area contributed by atoms with Crippen molar-refractivity contribution < 1.29 is 21.6 Å². The molecule has 1 aliphatic rings. The molecule has 2 aromatic carbocycles. The zero-order valence-electron chi connectivity index (χ0n) is 19.5. The van der Waals surface area contributed by atoms with Gasteiger partial charge in [-0.15, -0.1) is 11.3 Å². The maximum atomic E-state index is 12.9. The van der Waals surface area contributed by atoms with Crippen molar-refractivity contribution in [1.29, 1.82) is 0 Å². The van der Waals surface area contributed by atoms with Gasteiger partial charge < -0.3 is 5.32 Å². The third-order valence-electron chi connectivity index (χ3n) is 5.95. The molecule has 3 aromatic rings. The quantitative estimate of drug-likeness (QED) is 0.399. The average molecular weight is 549 g/mol. The van der Waals surface area contributed by atoms with E-state index in [-0.39, 0.29) is 28.2 Å². The highest BCUT2D eigenvalue weighted by atomic mass is 32.2. The minimum absolute atomic E-state index is 0.0427. The highest BCUT2D eigenvalue weighted by Crippen LogP contribution is 2.23. The van der Waals surface area contributed by atoms with Gasteiger partial charge in [0.05, 0.1) is 16.6 Å². The number of nitrogens with zero attached hydrogens (tertiary/aromatic N) is 2. The van der Waals surface area contributed by atoms with Crippen LogP contribution in [0.1, 0.15) is 24.8 Å². The van der Waals surface area contributed by atoms with Crippen LogP contribution in [0.3, 0.4) is 0 Å². The minimum atomic E-state index is -3.79. The average Bonchev–Trinajstić information content (AvgIpc) is 3.37. The van der Waals surface area contributed by atoms with Gasteiger partial charge in [0.25, 0.3) is 10.0 Å². The van der Waals surface area contributed by atoms with E-state index in [0.717, 1.165) is 5.56 Å². The molecule has 1 fully saturated rings. The molecule has 9 nitrogen and oxygen atoms in total. The Kier molecular flexibility index (Phi) is 8.39. The van der Waals surface area contributed by atoms with Crippen LogP contribution < -0.4 is 10.0 Å². The van der Waals surface area contributed by atoms with Crippen LogP contribution in [0.5, 0.6) is 0 Å². The molecule has 2 heterocycles. The molecule has 0 saturated carbocycles. The van der Waals surface area contributed by atoms with Crippen molar-refractivity contribution in [3.63, 3.8) is 0 Å². The van der Waals surface area contributed by atoms with Gasteiger partial charge in [0.2, 0.25) is 15.9 Å². The summed E-state index contributed by atoms with van der Waals surface area (Å²) in [7, 11) is -7.25. The fourth-order valence-electron chi connectivity index (χ4n) is 4.05. The fourth-order valence-corrected chi connectivity index (χ4v) is 7.42. The van der Waals surface area contributed by atoms with Crippen molar-refractivity contribution in [2.45, 2.75) is 30.6 Å². The first-order valence-corrected chi connectivity index (χ1v) is 15.6. The van der Waals surface area contributed by atoms with E-state index in [0.29, 0.717) is 37.9 Å². The summed E-state index contributed by atoms with van der Waals surface area (Å²) in [6, 6.07) is 15.6. The summed E-state index contributed by atoms with van der Waals surface area (Å²) in [4.78, 5) is 16.8. The molecule has 12 heteroatoms. The van der Waals surface area contributed by atoms with Crippen molar-refractivity contribution in [2.75, 3.05) is 28.9 Å². The number of benzene rings is 2. The Morgan fingerprint density at radius 3 is 2.50 bits per heavy atom. The van der Waals surface area contributed by atoms with Crippen LogP contribution >= 0.6 is 11.3 Å². The van der Waals surface area contributed by atoms with Gasteiger partial charge in [-0.25, -0.2) is 26.1 Å². The molecule has 192 valence electrons. The van der Waals surface area contributed by atoms with E-state index in [1.165, 1.54) is 46.1 Å². The van der Waals surface area contributed by atoms with E-state index in [1.54, 1.807) is 5.38 Å². The van der Waals surface area contributed by atoms with Crippen LogP contribution in [0.15, 0.2) is 71.1 Å². The number of piperidine rings is 1. The Morgan fingerprint density at radius 1 is 1.06 bits per heavy atom. The second-order valence-electron chi connectivity index (χ2n) is 8.56. The Morgan fingerprint density at radius 2 is 1.81 bits per heavy atom. The number of aryl methyl sites for hydroxylation is 1. The van der Waals surface area contributed by atoms with Gasteiger partial charge in [0.1, 0.15) is 0 Å². The van der Waals surface area contributed by atoms with Crippen molar-refractivity contribution in [3.05, 3.63) is 71.7 Å². The van der Waals surface area contributed by atoms with Crippen molar-refractivity contribution in [2.24, 2.45) is 5.92 Å². The number of aromatic nitrogens is 1. The summed E-state index contributed by atoms with van der Waals surface area (Å²) in [6.45, 7) is 0.555. The van der Waals surface area contributed by atoms with Gasteiger partial charge in [-0.3, -0.25) is 9.52 Å². The van der Waals surface area contributed by atoms with Crippen LogP contribution in [0, 0.1) is 5.92 Å². The number of carbonyl (C=O) groups excluding carboxylic acids is 1. The maximum Gasteiger partial charge on any atom is 0.263 e. The Labute approximate surface area is 215 Å². The summed E-state index contributed by atoms with van der Waals surface area (Å²) < 4.78 is 54.5. The molecule has 1 unspecified atom stereocenters. The van der Waals surface area contributed by atoms with Gasteiger partial charge in [0, 0.05) is 30.4 Å². The molecule has 1 aliphatic heterocycles. The molecule has 0 bridgehead atoms. The summed E-state index contributed by atoms with van der Waals surface area (Å²) in [5.74, 6) is -0.713. The second kappa shape index (κ2) is 11.5. The van der Waals surface area contributed by atoms with Crippen molar-refractivity contribution in [1.82, 2.24) is 9.29 Å². The first kappa shape index (κ1) is 26.3. The molecular weight excluding hydrogens is 520 g/mol. The number of sulfonamides is 2. The first-order chi connectivity index (χ1) is 17.2. The number of nitrogens with one attached hydrogen (secondary N) is 2. The highest BCUT2D eigenvalue weighted by Gasteiger charge is 2.32. The molecule has 4 rings (SSSR count). The zero-order chi connectivity index (χ0) is 25.6. The normalized spacial score (nSPS) is 16.9. The van der Waals surface area contributed by atoms with E-state index in [2.05, 4.69) is 15.0 Å². The number of rotatable bonds is 10. The predicted molar refractivity (Wildman–Crippen MR) is 141 cm³/mol. The van der Waals surface area contributed by atoms with E-state index in [1.807, 2.05) is 30.3 Å². The van der Waals surface area contributed by atoms with Crippen LogP contribution in [0.4, 0.5) is 10.8 Å². The van der Waals surface area contributed by atoms with Crippen LogP contribution in [0.25, 0.3) is 0 Å². The maximum absolute atomic E-state index is 12.9. The molecular formula is C24H28N4O5S3. The molecule has 0 spiro atoms. The topological polar surface area (TPSA) is 126 Å². The molecule has 2 N–H and O–H groups in total. The Bertz CT molecular complexity index is 1360. The van der Waals surface area contributed by atoms with Crippen LogP contribution in [0.2, 0.25) is 0 Å². The second-order valence-corrected chi connectivity index (χ2v) is 13.2. The monoisotopic (exact) mass is 548 g/mol. The van der Waals surface area contributed by atoms with Crippen LogP contribution in [-0.2, 0) is 31.3 Å². The van der Waals surface area contributed by atoms with E-state index < -0.39 is 26.0 Å². The predicted octanol–water partition coefficient (Wildman–Crippen LogP) is 3.56.